The first-order chi connectivity index (χ1) is 9.61. The molecule has 0 atom stereocenters. The molecule has 1 saturated heterocycles. The number of ether oxygens (including phenoxy) is 1. The third-order valence-corrected chi connectivity index (χ3v) is 3.39. The number of nitrogens with two attached hydrogens (primary N) is 1. The number of rotatable bonds is 4. The van der Waals surface area contributed by atoms with Gasteiger partial charge in [-0.3, -0.25) is 4.79 Å². The third-order valence-electron chi connectivity index (χ3n) is 3.39. The van der Waals surface area contributed by atoms with E-state index >= 15 is 0 Å². The molecule has 1 aromatic rings. The van der Waals surface area contributed by atoms with Crippen molar-refractivity contribution in [3.63, 3.8) is 0 Å². The quantitative estimate of drug-likeness (QED) is 0.867. The van der Waals surface area contributed by atoms with Gasteiger partial charge in [-0.1, -0.05) is 0 Å². The molecule has 5 nitrogen and oxygen atoms in total. The highest BCUT2D eigenvalue weighted by Gasteiger charge is 2.25. The molecular formula is C14H19FN2O3. The Morgan fingerprint density at radius 1 is 1.45 bits per heavy atom. The van der Waals surface area contributed by atoms with Crippen molar-refractivity contribution in [2.75, 3.05) is 26.2 Å². The Morgan fingerprint density at radius 3 is 2.75 bits per heavy atom. The van der Waals surface area contributed by atoms with Gasteiger partial charge in [0.05, 0.1) is 18.3 Å². The average molecular weight is 282 g/mol. The number of amides is 1. The van der Waals surface area contributed by atoms with E-state index in [9.17, 15) is 14.3 Å². The molecule has 0 bridgehead atoms. The second-order valence-corrected chi connectivity index (χ2v) is 4.81. The maximum Gasteiger partial charge on any atom is 0.257 e. The minimum atomic E-state index is -0.562. The minimum Gasteiger partial charge on any atom is -0.507 e. The Kier molecular flexibility index (Phi) is 4.92. The summed E-state index contributed by atoms with van der Waals surface area (Å²) in [5.74, 6) is -1.16. The molecule has 1 aliphatic heterocycles. The standard InChI is InChI=1S/C14H19FN2O3/c15-10-1-2-12(13(18)9-10)14(19)17-6-3-11(4-7-17)20-8-5-16/h1-2,9,11,18H,3-8,16H2. The first kappa shape index (κ1) is 14.7. The number of likely N-dealkylation sites (tertiary alicyclic amines) is 1. The number of halogens is 1. The van der Waals surface area contributed by atoms with E-state index in [1.54, 1.807) is 4.90 Å². The summed E-state index contributed by atoms with van der Waals surface area (Å²) in [7, 11) is 0. The van der Waals surface area contributed by atoms with Crippen LogP contribution in [0.15, 0.2) is 18.2 Å². The zero-order chi connectivity index (χ0) is 14.5. The van der Waals surface area contributed by atoms with Gasteiger partial charge >= 0.3 is 0 Å². The van der Waals surface area contributed by atoms with Crippen LogP contribution in [0.25, 0.3) is 0 Å². The third kappa shape index (κ3) is 3.46. The lowest BCUT2D eigenvalue weighted by Crippen LogP contribution is -2.41. The number of benzene rings is 1. The molecule has 110 valence electrons. The van der Waals surface area contributed by atoms with Gasteiger partial charge < -0.3 is 20.5 Å². The fourth-order valence-electron chi connectivity index (χ4n) is 2.32. The van der Waals surface area contributed by atoms with Crippen LogP contribution < -0.4 is 5.73 Å². The first-order valence-electron chi connectivity index (χ1n) is 6.71. The van der Waals surface area contributed by atoms with Crippen molar-refractivity contribution < 1.29 is 19.0 Å². The molecule has 1 fully saturated rings. The van der Waals surface area contributed by atoms with Gasteiger partial charge in [-0.25, -0.2) is 4.39 Å². The maximum atomic E-state index is 12.9. The number of piperidine rings is 1. The Hall–Kier alpha value is -1.66. The van der Waals surface area contributed by atoms with Crippen LogP contribution >= 0.6 is 0 Å². The van der Waals surface area contributed by atoms with Gasteiger partial charge in [0.15, 0.2) is 0 Å². The predicted octanol–water partition coefficient (Wildman–Crippen LogP) is 1.11. The van der Waals surface area contributed by atoms with Crippen LogP contribution in [-0.2, 0) is 4.74 Å². The van der Waals surface area contributed by atoms with Crippen molar-refractivity contribution in [3.05, 3.63) is 29.6 Å². The van der Waals surface area contributed by atoms with E-state index < -0.39 is 5.82 Å². The highest BCUT2D eigenvalue weighted by atomic mass is 19.1. The molecule has 0 spiro atoms. The zero-order valence-electron chi connectivity index (χ0n) is 11.2. The predicted molar refractivity (Wildman–Crippen MR) is 72.0 cm³/mol. The number of phenolic OH excluding ortho intramolecular Hbond substituents is 1. The summed E-state index contributed by atoms with van der Waals surface area (Å²) in [6.07, 6.45) is 1.62. The van der Waals surface area contributed by atoms with Crippen molar-refractivity contribution >= 4 is 5.91 Å². The van der Waals surface area contributed by atoms with E-state index in [2.05, 4.69) is 0 Å². The van der Waals surface area contributed by atoms with E-state index in [-0.39, 0.29) is 23.3 Å². The number of hydrogen-bond acceptors (Lipinski definition) is 4. The molecule has 1 heterocycles. The van der Waals surface area contributed by atoms with Gasteiger partial charge in [-0.2, -0.15) is 0 Å². The van der Waals surface area contributed by atoms with E-state index in [1.165, 1.54) is 12.1 Å². The SMILES string of the molecule is NCCOC1CCN(C(=O)c2ccc(F)cc2O)CC1. The number of carbonyl (C=O) groups is 1. The fourth-order valence-corrected chi connectivity index (χ4v) is 2.32. The Labute approximate surface area is 117 Å². The summed E-state index contributed by atoms with van der Waals surface area (Å²) in [5, 5.41) is 9.63. The van der Waals surface area contributed by atoms with Gasteiger partial charge in [0.1, 0.15) is 11.6 Å². The lowest BCUT2D eigenvalue weighted by Gasteiger charge is -2.32. The molecule has 1 aliphatic rings. The molecule has 1 amide bonds. The van der Waals surface area contributed by atoms with Crippen LogP contribution in [-0.4, -0.2) is 48.3 Å². The largest absolute Gasteiger partial charge is 0.507 e. The summed E-state index contributed by atoms with van der Waals surface area (Å²) in [6, 6.07) is 3.43. The topological polar surface area (TPSA) is 75.8 Å². The fraction of sp³-hybridized carbons (Fsp3) is 0.500. The van der Waals surface area contributed by atoms with Crippen LogP contribution in [0, 0.1) is 5.82 Å². The summed E-state index contributed by atoms with van der Waals surface area (Å²) in [6.45, 7) is 2.13. The maximum absolute atomic E-state index is 12.9. The van der Waals surface area contributed by atoms with Crippen molar-refractivity contribution in [1.29, 1.82) is 0 Å². The summed E-state index contributed by atoms with van der Waals surface area (Å²) in [5.41, 5.74) is 5.51. The summed E-state index contributed by atoms with van der Waals surface area (Å²) in [4.78, 5) is 13.9. The second kappa shape index (κ2) is 6.67. The van der Waals surface area contributed by atoms with Crippen molar-refractivity contribution in [2.24, 2.45) is 5.73 Å². The van der Waals surface area contributed by atoms with Crippen molar-refractivity contribution in [1.82, 2.24) is 4.90 Å². The van der Waals surface area contributed by atoms with Crippen LogP contribution in [0.5, 0.6) is 5.75 Å². The molecule has 20 heavy (non-hydrogen) atoms. The normalized spacial score (nSPS) is 16.4. The molecule has 2 rings (SSSR count). The smallest absolute Gasteiger partial charge is 0.257 e. The zero-order valence-corrected chi connectivity index (χ0v) is 11.2. The minimum absolute atomic E-state index is 0.129. The molecule has 1 aromatic carbocycles. The monoisotopic (exact) mass is 282 g/mol. The molecule has 0 aliphatic carbocycles. The second-order valence-electron chi connectivity index (χ2n) is 4.81. The van der Waals surface area contributed by atoms with Crippen LogP contribution in [0.2, 0.25) is 0 Å². The van der Waals surface area contributed by atoms with Gasteiger partial charge in [0, 0.05) is 25.7 Å². The van der Waals surface area contributed by atoms with E-state index in [0.717, 1.165) is 18.9 Å². The van der Waals surface area contributed by atoms with Crippen LogP contribution in [0.4, 0.5) is 4.39 Å². The Morgan fingerprint density at radius 2 is 2.15 bits per heavy atom. The Balaban J connectivity index is 1.94. The van der Waals surface area contributed by atoms with Gasteiger partial charge in [-0.05, 0) is 25.0 Å². The van der Waals surface area contributed by atoms with Gasteiger partial charge in [0.2, 0.25) is 0 Å². The number of phenols is 1. The highest BCUT2D eigenvalue weighted by molar-refractivity contribution is 5.96. The number of aromatic hydroxyl groups is 1. The summed E-state index contributed by atoms with van der Waals surface area (Å²) >= 11 is 0. The van der Waals surface area contributed by atoms with E-state index in [1.807, 2.05) is 0 Å². The molecular weight excluding hydrogens is 263 g/mol. The molecule has 6 heteroatoms. The lowest BCUT2D eigenvalue weighted by molar-refractivity contribution is 0.0121. The van der Waals surface area contributed by atoms with Crippen molar-refractivity contribution in [3.8, 4) is 5.75 Å². The Bertz CT molecular complexity index is 473. The first-order valence-corrected chi connectivity index (χ1v) is 6.71. The van der Waals surface area contributed by atoms with Crippen molar-refractivity contribution in [2.45, 2.75) is 18.9 Å². The number of hydrogen-bond donors (Lipinski definition) is 2. The van der Waals surface area contributed by atoms with Crippen LogP contribution in [0.1, 0.15) is 23.2 Å². The van der Waals surface area contributed by atoms with Crippen LogP contribution in [0.3, 0.4) is 0 Å². The summed E-state index contributed by atoms with van der Waals surface area (Å²) < 4.78 is 18.5. The van der Waals surface area contributed by atoms with Gasteiger partial charge in [-0.15, -0.1) is 0 Å². The molecule has 0 unspecified atom stereocenters. The molecule has 0 aromatic heterocycles. The molecule has 3 N–H and O–H groups in total. The molecule has 0 radical (unpaired) electrons. The molecule has 0 saturated carbocycles. The number of carbonyl (C=O) groups excluding carboxylic acids is 1. The lowest BCUT2D eigenvalue weighted by atomic mass is 10.1. The number of nitrogens with zero attached hydrogens (tertiary/aromatic N) is 1. The van der Waals surface area contributed by atoms with E-state index in [0.29, 0.717) is 26.2 Å². The van der Waals surface area contributed by atoms with Gasteiger partial charge in [0.25, 0.3) is 5.91 Å². The highest BCUT2D eigenvalue weighted by Crippen LogP contribution is 2.22. The average Bonchev–Trinajstić information content (AvgIpc) is 2.45. The van der Waals surface area contributed by atoms with E-state index in [4.69, 9.17) is 10.5 Å².